The van der Waals surface area contributed by atoms with Crippen molar-refractivity contribution < 1.29 is 9.32 Å². The Labute approximate surface area is 147 Å². The van der Waals surface area contributed by atoms with E-state index >= 15 is 0 Å². The number of aromatic nitrogens is 2. The lowest BCUT2D eigenvalue weighted by molar-refractivity contribution is 0.188. The Morgan fingerprint density at radius 3 is 2.44 bits per heavy atom. The smallest absolute Gasteiger partial charge is 0.317 e. The summed E-state index contributed by atoms with van der Waals surface area (Å²) in [4.78, 5) is 19.1. The maximum atomic E-state index is 12.7. The fraction of sp³-hybridized carbons (Fsp3) is 0.526. The maximum Gasteiger partial charge on any atom is 0.317 e. The summed E-state index contributed by atoms with van der Waals surface area (Å²) < 4.78 is 5.34. The van der Waals surface area contributed by atoms with E-state index in [0.29, 0.717) is 23.6 Å². The van der Waals surface area contributed by atoms with Crippen molar-refractivity contribution in [1.29, 1.82) is 0 Å². The summed E-state index contributed by atoms with van der Waals surface area (Å²) in [5.74, 6) is 2.36. The average Bonchev–Trinajstić information content (AvgIpc) is 3.55. The highest BCUT2D eigenvalue weighted by atomic mass is 16.5. The molecule has 0 radical (unpaired) electrons. The minimum atomic E-state index is -0.283. The molecule has 2 saturated carbocycles. The molecule has 2 amide bonds. The third-order valence-electron chi connectivity index (χ3n) is 4.83. The van der Waals surface area contributed by atoms with E-state index < -0.39 is 0 Å². The van der Waals surface area contributed by atoms with Gasteiger partial charge in [0.05, 0.1) is 6.04 Å². The van der Waals surface area contributed by atoms with Gasteiger partial charge in [0.25, 0.3) is 5.89 Å². The van der Waals surface area contributed by atoms with E-state index in [4.69, 9.17) is 4.52 Å². The van der Waals surface area contributed by atoms with Crippen molar-refractivity contribution in [2.24, 2.45) is 11.8 Å². The molecule has 1 aromatic carbocycles. The molecule has 0 unspecified atom stereocenters. The minimum Gasteiger partial charge on any atom is -0.334 e. The highest BCUT2D eigenvalue weighted by Crippen LogP contribution is 2.33. The van der Waals surface area contributed by atoms with Crippen LogP contribution in [0.25, 0.3) is 11.5 Å². The first-order chi connectivity index (χ1) is 12.2. The molecular formula is C19H24N4O2. The molecule has 2 aliphatic rings. The Kier molecular flexibility index (Phi) is 4.42. The van der Waals surface area contributed by atoms with Gasteiger partial charge in [-0.25, -0.2) is 4.79 Å². The first-order valence-corrected chi connectivity index (χ1v) is 9.13. The Balaban J connectivity index is 1.39. The summed E-state index contributed by atoms with van der Waals surface area (Å²) in [5, 5.41) is 7.06. The van der Waals surface area contributed by atoms with Crippen molar-refractivity contribution in [3.63, 3.8) is 0 Å². The van der Waals surface area contributed by atoms with Gasteiger partial charge >= 0.3 is 6.03 Å². The number of benzene rings is 1. The van der Waals surface area contributed by atoms with Gasteiger partial charge in [0.15, 0.2) is 5.82 Å². The zero-order valence-corrected chi connectivity index (χ0v) is 14.5. The summed E-state index contributed by atoms with van der Waals surface area (Å²) >= 11 is 0. The molecule has 1 N–H and O–H groups in total. The quantitative estimate of drug-likeness (QED) is 0.835. The molecule has 0 aliphatic heterocycles. The monoisotopic (exact) mass is 340 g/mol. The van der Waals surface area contributed by atoms with Crippen LogP contribution in [-0.4, -0.2) is 34.2 Å². The van der Waals surface area contributed by atoms with Gasteiger partial charge in [-0.1, -0.05) is 23.4 Å². The van der Waals surface area contributed by atoms with Crippen molar-refractivity contribution in [1.82, 2.24) is 20.4 Å². The van der Waals surface area contributed by atoms with Crippen molar-refractivity contribution >= 4 is 6.03 Å². The van der Waals surface area contributed by atoms with Crippen molar-refractivity contribution in [3.05, 3.63) is 36.2 Å². The predicted molar refractivity (Wildman–Crippen MR) is 93.7 cm³/mol. The van der Waals surface area contributed by atoms with Crippen LogP contribution >= 0.6 is 0 Å². The van der Waals surface area contributed by atoms with E-state index in [1.165, 1.54) is 25.7 Å². The van der Waals surface area contributed by atoms with Crippen LogP contribution < -0.4 is 5.32 Å². The summed E-state index contributed by atoms with van der Waals surface area (Å²) in [6.45, 7) is 3.64. The van der Waals surface area contributed by atoms with Crippen LogP contribution in [0, 0.1) is 11.8 Å². The number of hydrogen-bond donors (Lipinski definition) is 1. The first kappa shape index (κ1) is 16.1. The van der Waals surface area contributed by atoms with Gasteiger partial charge in [-0.05, 0) is 56.6 Å². The van der Waals surface area contributed by atoms with Gasteiger partial charge in [0.1, 0.15) is 0 Å². The summed E-state index contributed by atoms with van der Waals surface area (Å²) in [7, 11) is 0. The molecule has 6 heteroatoms. The number of amides is 2. The standard InChI is InChI=1S/C19H24N4O2/c1-13(17-21-18(25-22-17)16-5-3-2-4-6-16)20-19(24)23(11-14-7-8-14)12-15-9-10-15/h2-6,13-15H,7-12H2,1H3,(H,20,24)/t13-/m0/s1. The Hall–Kier alpha value is -2.37. The van der Waals surface area contributed by atoms with Crippen molar-refractivity contribution in [2.45, 2.75) is 38.6 Å². The van der Waals surface area contributed by atoms with Gasteiger partial charge < -0.3 is 14.7 Å². The van der Waals surface area contributed by atoms with Crippen LogP contribution in [0.3, 0.4) is 0 Å². The normalized spacial score (nSPS) is 18.0. The number of rotatable bonds is 7. The number of hydrogen-bond acceptors (Lipinski definition) is 4. The summed E-state index contributed by atoms with van der Waals surface area (Å²) in [5.41, 5.74) is 0.879. The van der Waals surface area contributed by atoms with Gasteiger partial charge in [-0.2, -0.15) is 4.98 Å². The molecule has 2 fully saturated rings. The average molecular weight is 340 g/mol. The molecule has 0 spiro atoms. The number of urea groups is 1. The summed E-state index contributed by atoms with van der Waals surface area (Å²) in [6, 6.07) is 9.35. The van der Waals surface area contributed by atoms with Crippen molar-refractivity contribution in [3.8, 4) is 11.5 Å². The number of nitrogens with one attached hydrogen (secondary N) is 1. The van der Waals surface area contributed by atoms with E-state index in [1.54, 1.807) is 0 Å². The SMILES string of the molecule is C[C@H](NC(=O)N(CC1CC1)CC1CC1)c1noc(-c2ccccc2)n1. The van der Waals surface area contributed by atoms with Gasteiger partial charge in [0.2, 0.25) is 0 Å². The molecule has 1 aromatic heterocycles. The zero-order chi connectivity index (χ0) is 17.2. The van der Waals surface area contributed by atoms with Crippen LogP contribution in [0.4, 0.5) is 4.79 Å². The third kappa shape index (κ3) is 4.18. The van der Waals surface area contributed by atoms with Crippen LogP contribution in [0.2, 0.25) is 0 Å². The van der Waals surface area contributed by atoms with E-state index in [2.05, 4.69) is 15.5 Å². The fourth-order valence-electron chi connectivity index (χ4n) is 2.91. The predicted octanol–water partition coefficient (Wildman–Crippen LogP) is 3.63. The fourth-order valence-corrected chi connectivity index (χ4v) is 2.91. The van der Waals surface area contributed by atoms with E-state index in [-0.39, 0.29) is 12.1 Å². The number of nitrogens with zero attached hydrogens (tertiary/aromatic N) is 3. The molecule has 2 aromatic rings. The second kappa shape index (κ2) is 6.86. The Bertz CT molecular complexity index is 708. The highest BCUT2D eigenvalue weighted by molar-refractivity contribution is 5.74. The van der Waals surface area contributed by atoms with Gasteiger partial charge in [-0.15, -0.1) is 0 Å². The minimum absolute atomic E-state index is 0.0163. The van der Waals surface area contributed by atoms with Crippen molar-refractivity contribution in [2.75, 3.05) is 13.1 Å². The van der Waals surface area contributed by atoms with Crippen LogP contribution in [0.5, 0.6) is 0 Å². The van der Waals surface area contributed by atoms with E-state index in [1.807, 2.05) is 42.2 Å². The second-order valence-electron chi connectivity index (χ2n) is 7.29. The molecule has 132 valence electrons. The molecule has 4 rings (SSSR count). The van der Waals surface area contributed by atoms with E-state index in [0.717, 1.165) is 18.7 Å². The topological polar surface area (TPSA) is 71.3 Å². The highest BCUT2D eigenvalue weighted by Gasteiger charge is 2.32. The molecule has 0 bridgehead atoms. The molecule has 25 heavy (non-hydrogen) atoms. The van der Waals surface area contributed by atoms with Crippen LogP contribution in [0.15, 0.2) is 34.9 Å². The lowest BCUT2D eigenvalue weighted by Gasteiger charge is -2.24. The lowest BCUT2D eigenvalue weighted by Crippen LogP contribution is -2.43. The number of carbonyl (C=O) groups excluding carboxylic acids is 1. The molecule has 0 saturated heterocycles. The van der Waals surface area contributed by atoms with E-state index in [9.17, 15) is 4.79 Å². The largest absolute Gasteiger partial charge is 0.334 e. The van der Waals surface area contributed by atoms with Gasteiger partial charge in [0, 0.05) is 18.7 Å². The summed E-state index contributed by atoms with van der Waals surface area (Å²) in [6.07, 6.45) is 4.98. The maximum absolute atomic E-state index is 12.7. The van der Waals surface area contributed by atoms with Gasteiger partial charge in [-0.3, -0.25) is 0 Å². The Morgan fingerprint density at radius 2 is 1.84 bits per heavy atom. The first-order valence-electron chi connectivity index (χ1n) is 9.13. The van der Waals surface area contributed by atoms with Crippen LogP contribution in [-0.2, 0) is 0 Å². The third-order valence-corrected chi connectivity index (χ3v) is 4.83. The zero-order valence-electron chi connectivity index (χ0n) is 14.5. The second-order valence-corrected chi connectivity index (χ2v) is 7.29. The Morgan fingerprint density at radius 1 is 1.20 bits per heavy atom. The molecular weight excluding hydrogens is 316 g/mol. The molecule has 6 nitrogen and oxygen atoms in total. The van der Waals surface area contributed by atoms with Crippen LogP contribution in [0.1, 0.15) is 44.5 Å². The number of carbonyl (C=O) groups is 1. The molecule has 1 heterocycles. The molecule has 1 atom stereocenters. The lowest BCUT2D eigenvalue weighted by atomic mass is 10.2. The molecule has 2 aliphatic carbocycles.